The van der Waals surface area contributed by atoms with Gasteiger partial charge in [-0.15, -0.1) is 0 Å². The minimum Gasteiger partial charge on any atom is -0.743 e. The second-order valence-electron chi connectivity index (χ2n) is 7.62. The molecule has 0 aromatic heterocycles. The van der Waals surface area contributed by atoms with Crippen LogP contribution in [0.15, 0.2) is 41.3 Å². The Morgan fingerprint density at radius 2 is 1.42 bits per heavy atom. The summed E-state index contributed by atoms with van der Waals surface area (Å²) < 4.78 is 146. The average molecular weight is 602 g/mol. The van der Waals surface area contributed by atoms with E-state index in [4.69, 9.17) is 9.47 Å². The highest BCUT2D eigenvalue weighted by atomic mass is 32.2. The van der Waals surface area contributed by atoms with E-state index in [-0.39, 0.29) is 0 Å². The van der Waals surface area contributed by atoms with E-state index in [1.807, 2.05) is 24.3 Å². The van der Waals surface area contributed by atoms with Crippen molar-refractivity contribution >= 4 is 37.9 Å². The molecule has 0 unspecified atom stereocenters. The van der Waals surface area contributed by atoms with Crippen LogP contribution in [0.1, 0.15) is 19.8 Å². The van der Waals surface area contributed by atoms with Crippen molar-refractivity contribution in [1.29, 1.82) is 0 Å². The van der Waals surface area contributed by atoms with Crippen molar-refractivity contribution in [1.82, 2.24) is 0 Å². The molecule has 6 nitrogen and oxygen atoms in total. The second-order valence-corrected chi connectivity index (χ2v) is 11.3. The first-order chi connectivity index (χ1) is 17.3. The molecule has 0 aliphatic carbocycles. The third kappa shape index (κ3) is 6.25. The van der Waals surface area contributed by atoms with Gasteiger partial charge in [0, 0.05) is 21.7 Å². The fourth-order valence-corrected chi connectivity index (χ4v) is 6.15. The lowest BCUT2D eigenvalue weighted by atomic mass is 10.1. The summed E-state index contributed by atoms with van der Waals surface area (Å²) in [5.41, 5.74) is 0. The first-order valence-electron chi connectivity index (χ1n) is 10.5. The Bertz CT molecular complexity index is 1240. The van der Waals surface area contributed by atoms with Gasteiger partial charge in [-0.2, -0.15) is 39.5 Å². The van der Waals surface area contributed by atoms with E-state index in [0.717, 1.165) is 5.39 Å². The molecule has 3 rings (SSSR count). The van der Waals surface area contributed by atoms with Crippen LogP contribution >= 0.6 is 0 Å². The van der Waals surface area contributed by atoms with Crippen LogP contribution in [0, 0.1) is 0 Å². The SMILES string of the molecule is CCOC(=O)Oc1ccc([S+]2CCCC2)c2ccccc12.O=S(=O)([O-])C(F)(F)C(F)(F)C(F)(F)C(F)(F)F. The Morgan fingerprint density at radius 3 is 1.89 bits per heavy atom. The Morgan fingerprint density at radius 1 is 0.895 bits per heavy atom. The van der Waals surface area contributed by atoms with Gasteiger partial charge < -0.3 is 14.0 Å². The molecular formula is C21H19F9O6S2. The van der Waals surface area contributed by atoms with Crippen LogP contribution in [0.25, 0.3) is 10.8 Å². The van der Waals surface area contributed by atoms with Gasteiger partial charge >= 0.3 is 29.4 Å². The Hall–Kier alpha value is -2.40. The summed E-state index contributed by atoms with van der Waals surface area (Å²) in [6.07, 6.45) is -5.17. The third-order valence-corrected chi connectivity index (χ3v) is 8.50. The Balaban J connectivity index is 0.000000275. The van der Waals surface area contributed by atoms with E-state index in [1.165, 1.54) is 34.6 Å². The van der Waals surface area contributed by atoms with Gasteiger partial charge in [0.05, 0.1) is 6.61 Å². The zero-order chi connectivity index (χ0) is 29.2. The molecule has 0 radical (unpaired) electrons. The Kier molecular flexibility index (Phi) is 9.52. The topological polar surface area (TPSA) is 92.7 Å². The van der Waals surface area contributed by atoms with Crippen molar-refractivity contribution in [3.63, 3.8) is 0 Å². The van der Waals surface area contributed by atoms with Crippen molar-refractivity contribution in [2.24, 2.45) is 0 Å². The number of alkyl halides is 9. The smallest absolute Gasteiger partial charge is 0.513 e. The van der Waals surface area contributed by atoms with Crippen molar-refractivity contribution in [3.05, 3.63) is 36.4 Å². The molecule has 17 heteroatoms. The highest BCUT2D eigenvalue weighted by Gasteiger charge is 2.83. The number of benzene rings is 2. The van der Waals surface area contributed by atoms with Gasteiger partial charge in [0.25, 0.3) is 0 Å². The number of carbonyl (C=O) groups is 1. The quantitative estimate of drug-likeness (QED) is 0.130. The molecule has 1 aliphatic rings. The standard InChI is InChI=1S/C17H19O3S.C4HF9O3S/c1-2-19-17(18)20-15-9-10-16(21-11-5-6-12-21)14-8-4-3-7-13(14)15;5-1(6,3(9,10)11)2(7,8)4(12,13)17(14,15)16/h3-4,7-10H,2,5-6,11-12H2,1H3;(H,14,15,16)/q+1;/p-1. The summed E-state index contributed by atoms with van der Waals surface area (Å²) in [5.74, 6) is -11.7. The zero-order valence-corrected chi connectivity index (χ0v) is 20.8. The molecular weight excluding hydrogens is 583 g/mol. The number of ether oxygens (including phenoxy) is 2. The molecule has 0 saturated carbocycles. The highest BCUT2D eigenvalue weighted by Crippen LogP contribution is 2.54. The number of carbonyl (C=O) groups excluding carboxylic acids is 1. The van der Waals surface area contributed by atoms with Crippen LogP contribution in [0.2, 0.25) is 0 Å². The molecule has 214 valence electrons. The molecule has 1 aliphatic heterocycles. The molecule has 0 atom stereocenters. The lowest BCUT2D eigenvalue weighted by molar-refractivity contribution is -0.382. The van der Waals surface area contributed by atoms with E-state index in [9.17, 15) is 57.3 Å². The van der Waals surface area contributed by atoms with Crippen LogP contribution in [0.3, 0.4) is 0 Å². The van der Waals surface area contributed by atoms with Gasteiger partial charge in [-0.1, -0.05) is 18.2 Å². The molecule has 0 spiro atoms. The maximum absolute atomic E-state index is 12.2. The van der Waals surface area contributed by atoms with Gasteiger partial charge in [-0.3, -0.25) is 0 Å². The van der Waals surface area contributed by atoms with Crippen molar-refractivity contribution in [2.75, 3.05) is 18.1 Å². The number of fused-ring (bicyclic) bond motifs is 1. The van der Waals surface area contributed by atoms with E-state index < -0.39 is 39.5 Å². The molecule has 2 aromatic carbocycles. The van der Waals surface area contributed by atoms with Gasteiger partial charge in [-0.05, 0) is 38.0 Å². The fourth-order valence-electron chi connectivity index (χ4n) is 3.21. The van der Waals surface area contributed by atoms with Crippen LogP contribution < -0.4 is 4.74 Å². The third-order valence-electron chi connectivity index (χ3n) is 5.07. The van der Waals surface area contributed by atoms with Gasteiger partial charge in [-0.25, -0.2) is 13.2 Å². The van der Waals surface area contributed by atoms with Crippen molar-refractivity contribution < 1.29 is 66.8 Å². The lowest BCUT2D eigenvalue weighted by Crippen LogP contribution is -2.63. The number of halogens is 9. The largest absolute Gasteiger partial charge is 0.743 e. The molecule has 1 heterocycles. The minimum absolute atomic E-state index is 0.318. The molecule has 0 N–H and O–H groups in total. The Labute approximate surface area is 213 Å². The van der Waals surface area contributed by atoms with Gasteiger partial charge in [0.1, 0.15) is 17.3 Å². The summed E-state index contributed by atoms with van der Waals surface area (Å²) in [4.78, 5) is 13.0. The van der Waals surface area contributed by atoms with E-state index in [1.54, 1.807) is 6.92 Å². The zero-order valence-electron chi connectivity index (χ0n) is 19.2. The van der Waals surface area contributed by atoms with Crippen LogP contribution in [-0.2, 0) is 25.7 Å². The fraction of sp³-hybridized carbons (Fsp3) is 0.476. The lowest BCUT2D eigenvalue weighted by Gasteiger charge is -2.34. The number of rotatable bonds is 6. The monoisotopic (exact) mass is 602 g/mol. The van der Waals surface area contributed by atoms with Crippen LogP contribution in [0.5, 0.6) is 5.75 Å². The average Bonchev–Trinajstić information content (AvgIpc) is 3.33. The number of hydrogen-bond acceptors (Lipinski definition) is 6. The van der Waals surface area contributed by atoms with Gasteiger partial charge in [0.15, 0.2) is 15.0 Å². The highest BCUT2D eigenvalue weighted by molar-refractivity contribution is 7.97. The van der Waals surface area contributed by atoms with E-state index in [0.29, 0.717) is 23.3 Å². The summed E-state index contributed by atoms with van der Waals surface area (Å²) in [5, 5.41) is -4.93. The molecule has 0 amide bonds. The molecule has 2 aromatic rings. The van der Waals surface area contributed by atoms with E-state index >= 15 is 0 Å². The predicted octanol–water partition coefficient (Wildman–Crippen LogP) is 6.10. The second kappa shape index (κ2) is 11.4. The summed E-state index contributed by atoms with van der Waals surface area (Å²) in [6.45, 7) is 2.09. The first-order valence-corrected chi connectivity index (χ1v) is 13.5. The molecule has 38 heavy (non-hydrogen) atoms. The summed E-state index contributed by atoms with van der Waals surface area (Å²) in [7, 11) is -7.08. The summed E-state index contributed by atoms with van der Waals surface area (Å²) >= 11 is 0. The molecule has 1 fully saturated rings. The van der Waals surface area contributed by atoms with Gasteiger partial charge in [0.2, 0.25) is 0 Å². The van der Waals surface area contributed by atoms with Crippen LogP contribution in [-0.4, -0.2) is 60.5 Å². The maximum atomic E-state index is 12.2. The summed E-state index contributed by atoms with van der Waals surface area (Å²) in [6, 6.07) is 12.2. The predicted molar refractivity (Wildman–Crippen MR) is 117 cm³/mol. The first kappa shape index (κ1) is 31.8. The number of hydrogen-bond donors (Lipinski definition) is 0. The maximum Gasteiger partial charge on any atom is 0.513 e. The van der Waals surface area contributed by atoms with E-state index in [2.05, 4.69) is 12.1 Å². The normalized spacial score (nSPS) is 15.7. The van der Waals surface area contributed by atoms with Crippen molar-refractivity contribution in [3.8, 4) is 5.75 Å². The molecule has 0 bridgehead atoms. The van der Waals surface area contributed by atoms with Crippen molar-refractivity contribution in [2.45, 2.75) is 47.9 Å². The van der Waals surface area contributed by atoms with Crippen LogP contribution in [0.4, 0.5) is 44.3 Å². The molecule has 1 saturated heterocycles. The minimum atomic E-state index is -7.43.